The van der Waals surface area contributed by atoms with E-state index in [0.29, 0.717) is 30.4 Å². The second-order valence-electron chi connectivity index (χ2n) is 6.56. The molecule has 0 aliphatic heterocycles. The Kier molecular flexibility index (Phi) is 11.6. The van der Waals surface area contributed by atoms with E-state index in [-0.39, 0.29) is 24.0 Å². The largest absolute Gasteiger partial charge is 0.357 e. The molecule has 2 aromatic rings. The van der Waals surface area contributed by atoms with Gasteiger partial charge in [-0.25, -0.2) is 0 Å². The van der Waals surface area contributed by atoms with Crippen molar-refractivity contribution in [2.75, 3.05) is 19.6 Å². The zero-order valence-corrected chi connectivity index (χ0v) is 18.8. The molecule has 0 saturated heterocycles. The molecule has 0 unspecified atom stereocenters. The summed E-state index contributed by atoms with van der Waals surface area (Å²) in [6, 6.07) is 5.61. The summed E-state index contributed by atoms with van der Waals surface area (Å²) in [5.41, 5.74) is 0.690. The monoisotopic (exact) mass is 486 g/mol. The lowest BCUT2D eigenvalue weighted by Gasteiger charge is -2.10. The van der Waals surface area contributed by atoms with Crippen LogP contribution < -0.4 is 10.6 Å². The molecular formula is C19H31IN6O. The van der Waals surface area contributed by atoms with Crippen LogP contribution in [0.4, 0.5) is 0 Å². The topological polar surface area (TPSA) is 88.2 Å². The third-order valence-electron chi connectivity index (χ3n) is 3.80. The molecule has 2 rings (SSSR count). The van der Waals surface area contributed by atoms with Crippen molar-refractivity contribution in [1.29, 1.82) is 0 Å². The highest BCUT2D eigenvalue weighted by Gasteiger charge is 2.09. The standard InChI is InChI=1S/C19H30N6O.HI/c1-4-20-19(22-13-7-5-9-15(2)3)23-14-11-17-24-18(26-25-17)16-10-6-8-12-21-16;/h6,8,10,12,15H,4-5,7,9,11,13-14H2,1-3H3,(H2,20,22,23);1H. The van der Waals surface area contributed by atoms with Gasteiger partial charge in [0.25, 0.3) is 5.89 Å². The first-order valence-corrected chi connectivity index (χ1v) is 9.45. The number of pyridine rings is 1. The average molecular weight is 486 g/mol. The lowest BCUT2D eigenvalue weighted by atomic mass is 10.1. The molecule has 2 aromatic heterocycles. The Bertz CT molecular complexity index is 659. The lowest BCUT2D eigenvalue weighted by molar-refractivity contribution is 0.421. The van der Waals surface area contributed by atoms with Crippen LogP contribution >= 0.6 is 24.0 Å². The molecule has 0 aromatic carbocycles. The number of unbranched alkanes of at least 4 members (excludes halogenated alkanes) is 1. The molecule has 8 heteroatoms. The van der Waals surface area contributed by atoms with Crippen LogP contribution in [-0.2, 0) is 6.42 Å². The van der Waals surface area contributed by atoms with Crippen molar-refractivity contribution in [3.8, 4) is 11.6 Å². The highest BCUT2D eigenvalue weighted by Crippen LogP contribution is 2.13. The third-order valence-corrected chi connectivity index (χ3v) is 3.80. The molecule has 0 atom stereocenters. The van der Waals surface area contributed by atoms with E-state index >= 15 is 0 Å². The Morgan fingerprint density at radius 3 is 2.78 bits per heavy atom. The number of rotatable bonds is 10. The van der Waals surface area contributed by atoms with Crippen LogP contribution in [0, 0.1) is 5.92 Å². The number of hydrogen-bond donors (Lipinski definition) is 2. The number of aromatic nitrogens is 3. The van der Waals surface area contributed by atoms with Gasteiger partial charge in [0.15, 0.2) is 11.8 Å². The quantitative estimate of drug-likeness (QED) is 0.231. The predicted octanol–water partition coefficient (Wildman–Crippen LogP) is 3.67. The van der Waals surface area contributed by atoms with E-state index in [1.54, 1.807) is 6.20 Å². The lowest BCUT2D eigenvalue weighted by Crippen LogP contribution is -2.38. The zero-order valence-electron chi connectivity index (χ0n) is 16.4. The summed E-state index contributed by atoms with van der Waals surface area (Å²) < 4.78 is 5.27. The van der Waals surface area contributed by atoms with Crippen LogP contribution in [0.2, 0.25) is 0 Å². The van der Waals surface area contributed by atoms with Crippen LogP contribution in [0.25, 0.3) is 11.6 Å². The minimum absolute atomic E-state index is 0. The second-order valence-corrected chi connectivity index (χ2v) is 6.56. The maximum Gasteiger partial charge on any atom is 0.276 e. The van der Waals surface area contributed by atoms with Crippen molar-refractivity contribution in [1.82, 2.24) is 25.8 Å². The van der Waals surface area contributed by atoms with Crippen LogP contribution in [0.1, 0.15) is 45.9 Å². The number of aliphatic imine (C=N–C) groups is 1. The van der Waals surface area contributed by atoms with Crippen molar-refractivity contribution < 1.29 is 4.52 Å². The molecule has 150 valence electrons. The molecule has 0 amide bonds. The van der Waals surface area contributed by atoms with Crippen LogP contribution in [0.5, 0.6) is 0 Å². The van der Waals surface area contributed by atoms with E-state index in [1.165, 1.54) is 12.8 Å². The number of nitrogens with one attached hydrogen (secondary N) is 2. The normalized spacial score (nSPS) is 11.3. The first-order valence-electron chi connectivity index (χ1n) is 9.45. The predicted molar refractivity (Wildman–Crippen MR) is 119 cm³/mol. The van der Waals surface area contributed by atoms with Gasteiger partial charge >= 0.3 is 0 Å². The fourth-order valence-electron chi connectivity index (χ4n) is 2.44. The summed E-state index contributed by atoms with van der Waals surface area (Å²) in [6.45, 7) is 8.95. The van der Waals surface area contributed by atoms with Gasteiger partial charge in [-0.05, 0) is 31.4 Å². The molecule has 0 spiro atoms. The number of guanidine groups is 1. The number of hydrogen-bond acceptors (Lipinski definition) is 5. The van der Waals surface area contributed by atoms with Gasteiger partial charge in [-0.1, -0.05) is 37.9 Å². The van der Waals surface area contributed by atoms with Crippen molar-refractivity contribution in [3.63, 3.8) is 0 Å². The highest BCUT2D eigenvalue weighted by atomic mass is 127. The van der Waals surface area contributed by atoms with Gasteiger partial charge in [0.05, 0.1) is 0 Å². The minimum Gasteiger partial charge on any atom is -0.357 e. The van der Waals surface area contributed by atoms with E-state index in [0.717, 1.165) is 31.4 Å². The van der Waals surface area contributed by atoms with Gasteiger partial charge < -0.3 is 15.2 Å². The zero-order chi connectivity index (χ0) is 18.6. The third kappa shape index (κ3) is 9.16. The van der Waals surface area contributed by atoms with Crippen molar-refractivity contribution >= 4 is 29.9 Å². The summed E-state index contributed by atoms with van der Waals surface area (Å²) in [5, 5.41) is 10.6. The van der Waals surface area contributed by atoms with Crippen LogP contribution in [0.15, 0.2) is 33.9 Å². The molecule has 0 fully saturated rings. The van der Waals surface area contributed by atoms with Gasteiger partial charge in [-0.15, -0.1) is 24.0 Å². The molecule has 2 N–H and O–H groups in total. The van der Waals surface area contributed by atoms with Crippen molar-refractivity contribution in [2.24, 2.45) is 10.9 Å². The van der Waals surface area contributed by atoms with Gasteiger partial charge in [0.1, 0.15) is 5.69 Å². The van der Waals surface area contributed by atoms with E-state index in [2.05, 4.69) is 51.5 Å². The van der Waals surface area contributed by atoms with Crippen molar-refractivity contribution in [2.45, 2.75) is 46.5 Å². The summed E-state index contributed by atoms with van der Waals surface area (Å²) in [6.07, 6.45) is 5.97. The van der Waals surface area contributed by atoms with Crippen LogP contribution in [0.3, 0.4) is 0 Å². The van der Waals surface area contributed by atoms with Gasteiger partial charge in [-0.3, -0.25) is 9.98 Å². The molecule has 27 heavy (non-hydrogen) atoms. The molecule has 0 saturated carbocycles. The summed E-state index contributed by atoms with van der Waals surface area (Å²) >= 11 is 0. The highest BCUT2D eigenvalue weighted by molar-refractivity contribution is 14.0. The first kappa shape index (κ1) is 23.3. The Balaban J connectivity index is 0.00000364. The number of halogens is 1. The van der Waals surface area contributed by atoms with Gasteiger partial charge in [0.2, 0.25) is 0 Å². The Morgan fingerprint density at radius 2 is 2.07 bits per heavy atom. The van der Waals surface area contributed by atoms with Gasteiger partial charge in [-0.2, -0.15) is 4.98 Å². The second kappa shape index (κ2) is 13.5. The number of nitrogens with zero attached hydrogens (tertiary/aromatic N) is 4. The smallest absolute Gasteiger partial charge is 0.276 e. The fraction of sp³-hybridized carbons (Fsp3) is 0.579. The summed E-state index contributed by atoms with van der Waals surface area (Å²) in [4.78, 5) is 13.2. The Labute approximate surface area is 178 Å². The summed E-state index contributed by atoms with van der Waals surface area (Å²) in [7, 11) is 0. The Hall–Kier alpha value is -1.71. The average Bonchev–Trinajstić information content (AvgIpc) is 3.11. The van der Waals surface area contributed by atoms with E-state index in [9.17, 15) is 0 Å². The minimum atomic E-state index is 0. The van der Waals surface area contributed by atoms with E-state index < -0.39 is 0 Å². The van der Waals surface area contributed by atoms with E-state index in [4.69, 9.17) is 4.52 Å². The molecule has 0 aliphatic carbocycles. The maximum atomic E-state index is 5.27. The molecule has 0 radical (unpaired) electrons. The molecule has 2 heterocycles. The van der Waals surface area contributed by atoms with Crippen molar-refractivity contribution in [3.05, 3.63) is 30.2 Å². The molecule has 7 nitrogen and oxygen atoms in total. The fourth-order valence-corrected chi connectivity index (χ4v) is 2.44. The van der Waals surface area contributed by atoms with E-state index in [1.807, 2.05) is 18.2 Å². The molecule has 0 aliphatic rings. The Morgan fingerprint density at radius 1 is 1.22 bits per heavy atom. The summed E-state index contributed by atoms with van der Waals surface area (Å²) in [5.74, 6) is 2.71. The molecule has 0 bridgehead atoms. The van der Waals surface area contributed by atoms with Crippen LogP contribution in [-0.4, -0.2) is 40.7 Å². The molecular weight excluding hydrogens is 455 g/mol. The SMILES string of the molecule is CCNC(=NCCCCC(C)C)NCCc1noc(-c2ccccn2)n1.I. The maximum absolute atomic E-state index is 5.27. The first-order chi connectivity index (χ1) is 12.7. The van der Waals surface area contributed by atoms with Gasteiger partial charge in [0, 0.05) is 32.3 Å².